The van der Waals surface area contributed by atoms with Crippen LogP contribution in [0.15, 0.2) is 24.5 Å². The fourth-order valence-corrected chi connectivity index (χ4v) is 1.87. The predicted molar refractivity (Wildman–Crippen MR) is 66.5 cm³/mol. The molecule has 2 heterocycles. The highest BCUT2D eigenvalue weighted by molar-refractivity contribution is 5.38. The minimum Gasteiger partial charge on any atom is -0.381 e. The monoisotopic (exact) mass is 231 g/mol. The molecule has 0 radical (unpaired) electrons. The van der Waals surface area contributed by atoms with Gasteiger partial charge in [-0.25, -0.2) is 4.68 Å². The molecule has 0 unspecified atom stereocenters. The Morgan fingerprint density at radius 1 is 1.24 bits per heavy atom. The van der Waals surface area contributed by atoms with Crippen LogP contribution in [-0.4, -0.2) is 20.0 Å². The summed E-state index contributed by atoms with van der Waals surface area (Å²) in [7, 11) is 0. The molecular weight excluding hydrogens is 214 g/mol. The van der Waals surface area contributed by atoms with Crippen LogP contribution in [0.4, 0.5) is 5.82 Å². The van der Waals surface area contributed by atoms with E-state index in [2.05, 4.69) is 36.1 Å². The van der Waals surface area contributed by atoms with Gasteiger partial charge >= 0.3 is 0 Å². The van der Waals surface area contributed by atoms with E-state index in [-0.39, 0.29) is 5.41 Å². The molecule has 0 fully saturated rings. The number of pyridine rings is 1. The van der Waals surface area contributed by atoms with E-state index in [0.29, 0.717) is 12.4 Å². The van der Waals surface area contributed by atoms with Crippen molar-refractivity contribution in [3.63, 3.8) is 0 Å². The summed E-state index contributed by atoms with van der Waals surface area (Å²) in [5.41, 5.74) is 7.91. The SMILES string of the molecule is CC(C)(C)c1c(N)nnn1Cc1ccncc1. The number of nitrogens with zero attached hydrogens (tertiary/aromatic N) is 4. The molecule has 5 nitrogen and oxygen atoms in total. The largest absolute Gasteiger partial charge is 0.381 e. The summed E-state index contributed by atoms with van der Waals surface area (Å²) in [4.78, 5) is 3.99. The summed E-state index contributed by atoms with van der Waals surface area (Å²) >= 11 is 0. The van der Waals surface area contributed by atoms with E-state index in [0.717, 1.165) is 11.3 Å². The third kappa shape index (κ3) is 2.43. The Kier molecular flexibility index (Phi) is 2.83. The van der Waals surface area contributed by atoms with E-state index in [1.807, 2.05) is 16.8 Å². The highest BCUT2D eigenvalue weighted by atomic mass is 15.4. The van der Waals surface area contributed by atoms with Gasteiger partial charge < -0.3 is 5.73 Å². The molecule has 0 saturated heterocycles. The van der Waals surface area contributed by atoms with Crippen molar-refractivity contribution in [2.45, 2.75) is 32.7 Å². The molecule has 2 rings (SSSR count). The molecule has 0 aliphatic heterocycles. The minimum atomic E-state index is -0.0688. The smallest absolute Gasteiger partial charge is 0.169 e. The van der Waals surface area contributed by atoms with Gasteiger partial charge in [0.15, 0.2) is 5.82 Å². The second-order valence-electron chi connectivity index (χ2n) is 5.09. The lowest BCUT2D eigenvalue weighted by atomic mass is 9.92. The maximum absolute atomic E-state index is 5.87. The zero-order valence-corrected chi connectivity index (χ0v) is 10.4. The first-order valence-electron chi connectivity index (χ1n) is 5.57. The lowest BCUT2D eigenvalue weighted by Gasteiger charge is -2.20. The Hall–Kier alpha value is -1.91. The van der Waals surface area contributed by atoms with Crippen LogP contribution in [0.25, 0.3) is 0 Å². The van der Waals surface area contributed by atoms with E-state index < -0.39 is 0 Å². The highest BCUT2D eigenvalue weighted by Gasteiger charge is 2.23. The molecule has 2 aromatic rings. The number of aromatic nitrogens is 4. The molecule has 17 heavy (non-hydrogen) atoms. The Bertz CT molecular complexity index is 495. The van der Waals surface area contributed by atoms with Crippen molar-refractivity contribution in [3.8, 4) is 0 Å². The van der Waals surface area contributed by atoms with Gasteiger partial charge in [-0.3, -0.25) is 4.98 Å². The summed E-state index contributed by atoms with van der Waals surface area (Å²) in [5.74, 6) is 0.506. The number of rotatable bonds is 2. The fourth-order valence-electron chi connectivity index (χ4n) is 1.87. The molecule has 2 N–H and O–H groups in total. The number of hydrogen-bond acceptors (Lipinski definition) is 4. The van der Waals surface area contributed by atoms with Crippen molar-refractivity contribution in [1.29, 1.82) is 0 Å². The maximum atomic E-state index is 5.87. The van der Waals surface area contributed by atoms with Crippen LogP contribution < -0.4 is 5.73 Å². The molecule has 0 aliphatic carbocycles. The van der Waals surface area contributed by atoms with Crippen molar-refractivity contribution >= 4 is 5.82 Å². The van der Waals surface area contributed by atoms with Gasteiger partial charge in [0.05, 0.1) is 12.2 Å². The zero-order chi connectivity index (χ0) is 12.5. The molecule has 0 bridgehead atoms. The van der Waals surface area contributed by atoms with E-state index in [4.69, 9.17) is 5.73 Å². The van der Waals surface area contributed by atoms with Crippen LogP contribution in [0.5, 0.6) is 0 Å². The molecule has 0 amide bonds. The lowest BCUT2D eigenvalue weighted by Crippen LogP contribution is -2.20. The zero-order valence-electron chi connectivity index (χ0n) is 10.4. The van der Waals surface area contributed by atoms with Gasteiger partial charge in [0.2, 0.25) is 0 Å². The number of nitrogens with two attached hydrogens (primary N) is 1. The summed E-state index contributed by atoms with van der Waals surface area (Å²) in [6.07, 6.45) is 3.54. The van der Waals surface area contributed by atoms with Crippen LogP contribution >= 0.6 is 0 Å². The topological polar surface area (TPSA) is 69.6 Å². The lowest BCUT2D eigenvalue weighted by molar-refractivity contribution is 0.502. The summed E-state index contributed by atoms with van der Waals surface area (Å²) in [5, 5.41) is 8.05. The third-order valence-corrected chi connectivity index (χ3v) is 2.55. The Morgan fingerprint density at radius 2 is 1.88 bits per heavy atom. The van der Waals surface area contributed by atoms with Crippen LogP contribution in [-0.2, 0) is 12.0 Å². The van der Waals surface area contributed by atoms with Crippen molar-refractivity contribution in [2.75, 3.05) is 5.73 Å². The van der Waals surface area contributed by atoms with E-state index in [9.17, 15) is 0 Å². The molecule has 5 heteroatoms. The van der Waals surface area contributed by atoms with E-state index in [1.165, 1.54) is 0 Å². The molecule has 0 aromatic carbocycles. The summed E-state index contributed by atoms with van der Waals surface area (Å²) in [6.45, 7) is 6.97. The summed E-state index contributed by atoms with van der Waals surface area (Å²) in [6, 6.07) is 3.93. The van der Waals surface area contributed by atoms with Gasteiger partial charge in [-0.15, -0.1) is 5.10 Å². The second-order valence-corrected chi connectivity index (χ2v) is 5.09. The van der Waals surface area contributed by atoms with Crippen molar-refractivity contribution < 1.29 is 0 Å². The van der Waals surface area contributed by atoms with E-state index >= 15 is 0 Å². The van der Waals surface area contributed by atoms with Gasteiger partial charge in [0.25, 0.3) is 0 Å². The minimum absolute atomic E-state index is 0.0688. The van der Waals surface area contributed by atoms with Crippen LogP contribution in [0.3, 0.4) is 0 Å². The van der Waals surface area contributed by atoms with Crippen LogP contribution in [0.1, 0.15) is 32.0 Å². The molecule has 0 aliphatic rings. The molecule has 0 spiro atoms. The number of nitrogen functional groups attached to an aromatic ring is 1. The Balaban J connectivity index is 2.35. The molecule has 0 saturated carbocycles. The molecule has 90 valence electrons. The molecule has 0 atom stereocenters. The first kappa shape index (κ1) is 11.6. The fraction of sp³-hybridized carbons (Fsp3) is 0.417. The Labute approximate surface area is 101 Å². The van der Waals surface area contributed by atoms with Gasteiger partial charge in [-0.2, -0.15) is 0 Å². The quantitative estimate of drug-likeness (QED) is 0.852. The van der Waals surface area contributed by atoms with Crippen LogP contribution in [0.2, 0.25) is 0 Å². The molecule has 2 aromatic heterocycles. The maximum Gasteiger partial charge on any atom is 0.169 e. The van der Waals surface area contributed by atoms with Gasteiger partial charge in [0.1, 0.15) is 0 Å². The average molecular weight is 231 g/mol. The first-order valence-corrected chi connectivity index (χ1v) is 5.57. The molecular formula is C12H17N5. The van der Waals surface area contributed by atoms with Crippen molar-refractivity contribution in [2.24, 2.45) is 0 Å². The van der Waals surface area contributed by atoms with Gasteiger partial charge in [-0.1, -0.05) is 26.0 Å². The first-order chi connectivity index (χ1) is 7.98. The summed E-state index contributed by atoms with van der Waals surface area (Å²) < 4.78 is 1.85. The standard InChI is InChI=1S/C12H17N5/c1-12(2,3)10-11(13)15-16-17(10)8-9-4-6-14-7-5-9/h4-7H,8,13H2,1-3H3. The normalized spacial score (nSPS) is 11.7. The average Bonchev–Trinajstić information content (AvgIpc) is 2.60. The Morgan fingerprint density at radius 3 is 2.47 bits per heavy atom. The third-order valence-electron chi connectivity index (χ3n) is 2.55. The second kappa shape index (κ2) is 4.16. The van der Waals surface area contributed by atoms with Crippen molar-refractivity contribution in [3.05, 3.63) is 35.8 Å². The van der Waals surface area contributed by atoms with E-state index in [1.54, 1.807) is 12.4 Å². The van der Waals surface area contributed by atoms with Crippen LogP contribution in [0, 0.1) is 0 Å². The van der Waals surface area contributed by atoms with Crippen molar-refractivity contribution in [1.82, 2.24) is 20.0 Å². The highest BCUT2D eigenvalue weighted by Crippen LogP contribution is 2.26. The van der Waals surface area contributed by atoms with Gasteiger partial charge in [-0.05, 0) is 17.7 Å². The van der Waals surface area contributed by atoms with Gasteiger partial charge in [0, 0.05) is 17.8 Å². The number of hydrogen-bond donors (Lipinski definition) is 1. The predicted octanol–water partition coefficient (Wildman–Crippen LogP) is 1.60. The number of anilines is 1.